The minimum atomic E-state index is -0.523. The Balaban J connectivity index is 1.53. The van der Waals surface area contributed by atoms with E-state index >= 15 is 0 Å². The Labute approximate surface area is 183 Å². The third-order valence-corrected chi connectivity index (χ3v) is 7.60. The molecule has 9 heteroatoms. The molecule has 1 fully saturated rings. The Hall–Kier alpha value is -2.39. The van der Waals surface area contributed by atoms with Gasteiger partial charge in [0, 0.05) is 17.0 Å². The summed E-state index contributed by atoms with van der Waals surface area (Å²) in [5, 5.41) is 3.20. The van der Waals surface area contributed by atoms with Crippen molar-refractivity contribution in [2.45, 2.75) is 38.3 Å². The number of thioether (sulfide) groups is 1. The van der Waals surface area contributed by atoms with E-state index in [9.17, 15) is 14.4 Å². The molecule has 0 aliphatic carbocycles. The smallest absolute Gasteiger partial charge is 0.357 e. The van der Waals surface area contributed by atoms with Crippen molar-refractivity contribution in [2.24, 2.45) is 0 Å². The summed E-state index contributed by atoms with van der Waals surface area (Å²) in [6, 6.07) is 7.65. The highest BCUT2D eigenvalue weighted by Gasteiger charge is 2.45. The van der Waals surface area contributed by atoms with Crippen LogP contribution in [0.25, 0.3) is 0 Å². The lowest BCUT2D eigenvalue weighted by molar-refractivity contribution is -0.119. The van der Waals surface area contributed by atoms with Crippen LogP contribution in [-0.2, 0) is 16.1 Å². The average Bonchev–Trinajstić information content (AvgIpc) is 3.28. The number of carbonyl (C=O) groups is 3. The maximum absolute atomic E-state index is 13.1. The zero-order valence-electron chi connectivity index (χ0n) is 16.9. The zero-order chi connectivity index (χ0) is 21.3. The molecule has 0 saturated carbocycles. The molecular formula is C21H23N3O4S2. The fourth-order valence-corrected chi connectivity index (χ4v) is 6.20. The summed E-state index contributed by atoms with van der Waals surface area (Å²) in [4.78, 5) is 44.7. The Morgan fingerprint density at radius 2 is 2.00 bits per heavy atom. The number of aryl methyl sites for hydroxylation is 1. The highest BCUT2D eigenvalue weighted by atomic mass is 32.2. The second kappa shape index (κ2) is 8.39. The number of amides is 2. The van der Waals surface area contributed by atoms with Gasteiger partial charge in [-0.3, -0.25) is 9.59 Å². The van der Waals surface area contributed by atoms with Crippen LogP contribution in [0.3, 0.4) is 0 Å². The molecule has 0 atom stereocenters. The van der Waals surface area contributed by atoms with Crippen LogP contribution in [0.15, 0.2) is 24.3 Å². The number of anilines is 1. The van der Waals surface area contributed by atoms with Gasteiger partial charge in [0.05, 0.1) is 19.1 Å². The van der Waals surface area contributed by atoms with Crippen LogP contribution in [0.5, 0.6) is 0 Å². The minimum Gasteiger partial charge on any atom is -0.464 e. The summed E-state index contributed by atoms with van der Waals surface area (Å²) in [7, 11) is 1.30. The molecule has 1 aromatic heterocycles. The summed E-state index contributed by atoms with van der Waals surface area (Å²) < 4.78 is 4.73. The number of methoxy groups -OCH3 is 1. The zero-order valence-corrected chi connectivity index (χ0v) is 18.5. The predicted molar refractivity (Wildman–Crippen MR) is 117 cm³/mol. The molecule has 3 heterocycles. The molecule has 1 aromatic carbocycles. The number of esters is 1. The number of rotatable bonds is 5. The van der Waals surface area contributed by atoms with Gasteiger partial charge in [-0.25, -0.2) is 9.78 Å². The first-order valence-corrected chi connectivity index (χ1v) is 11.7. The Morgan fingerprint density at radius 1 is 1.27 bits per heavy atom. The van der Waals surface area contributed by atoms with Gasteiger partial charge in [-0.15, -0.1) is 11.3 Å². The standard InChI is InChI=1S/C21H23N3O4S2/c1-13-17(19(27)28-2)23-20(30-13)22-16(25)11-21(7-9-29-10-8-21)24-12-14-5-3-4-6-15(14)18(24)26/h3-6H,7-12H2,1-2H3,(H,22,23,25). The molecule has 2 aliphatic rings. The first-order chi connectivity index (χ1) is 14.4. The SMILES string of the molecule is COC(=O)c1nc(NC(=O)CC2(N3Cc4ccccc4C3=O)CCSCC2)sc1C. The number of benzene rings is 1. The van der Waals surface area contributed by atoms with E-state index in [1.165, 1.54) is 18.4 Å². The number of carbonyl (C=O) groups excluding carboxylic acids is 3. The molecule has 2 aliphatic heterocycles. The molecule has 7 nitrogen and oxygen atoms in total. The van der Waals surface area contributed by atoms with E-state index in [0.29, 0.717) is 16.6 Å². The molecule has 0 bridgehead atoms. The maximum atomic E-state index is 13.1. The molecule has 0 unspecified atom stereocenters. The fourth-order valence-electron chi connectivity index (χ4n) is 4.13. The largest absolute Gasteiger partial charge is 0.464 e. The molecule has 0 spiro atoms. The highest BCUT2D eigenvalue weighted by molar-refractivity contribution is 7.99. The summed E-state index contributed by atoms with van der Waals surface area (Å²) >= 11 is 3.09. The minimum absolute atomic E-state index is 0.00312. The number of nitrogens with one attached hydrogen (secondary N) is 1. The van der Waals surface area contributed by atoms with E-state index in [1.807, 2.05) is 40.9 Å². The average molecular weight is 446 g/mol. The van der Waals surface area contributed by atoms with E-state index in [2.05, 4.69) is 10.3 Å². The van der Waals surface area contributed by atoms with Gasteiger partial charge in [0.1, 0.15) is 0 Å². The summed E-state index contributed by atoms with van der Waals surface area (Å²) in [5.41, 5.74) is 1.45. The monoisotopic (exact) mass is 445 g/mol. The van der Waals surface area contributed by atoms with Crippen molar-refractivity contribution in [1.82, 2.24) is 9.88 Å². The van der Waals surface area contributed by atoms with Gasteiger partial charge in [-0.05, 0) is 42.9 Å². The van der Waals surface area contributed by atoms with E-state index in [-0.39, 0.29) is 23.9 Å². The van der Waals surface area contributed by atoms with Crippen LogP contribution in [0, 0.1) is 6.92 Å². The number of ether oxygens (including phenoxy) is 1. The third-order valence-electron chi connectivity index (χ3n) is 5.73. The summed E-state index contributed by atoms with van der Waals surface area (Å²) in [6.07, 6.45) is 1.75. The first-order valence-electron chi connectivity index (χ1n) is 9.77. The summed E-state index contributed by atoms with van der Waals surface area (Å²) in [6.45, 7) is 2.30. The van der Waals surface area contributed by atoms with E-state index in [1.54, 1.807) is 6.92 Å². The van der Waals surface area contributed by atoms with Crippen LogP contribution in [0.1, 0.15) is 50.5 Å². The van der Waals surface area contributed by atoms with Gasteiger partial charge in [0.15, 0.2) is 10.8 Å². The van der Waals surface area contributed by atoms with Crippen LogP contribution in [-0.4, -0.2) is 51.8 Å². The Kier molecular flexibility index (Phi) is 5.84. The van der Waals surface area contributed by atoms with Gasteiger partial charge in [0.2, 0.25) is 5.91 Å². The molecule has 2 aromatic rings. The Morgan fingerprint density at radius 3 is 2.70 bits per heavy atom. The molecule has 158 valence electrons. The molecule has 0 radical (unpaired) electrons. The van der Waals surface area contributed by atoms with Crippen molar-refractivity contribution in [3.8, 4) is 0 Å². The lowest BCUT2D eigenvalue weighted by Gasteiger charge is -2.44. The van der Waals surface area contributed by atoms with Crippen molar-refractivity contribution in [3.05, 3.63) is 46.0 Å². The second-order valence-corrected chi connectivity index (χ2v) is 9.95. The number of hydrogen-bond donors (Lipinski definition) is 1. The maximum Gasteiger partial charge on any atom is 0.357 e. The lowest BCUT2D eigenvalue weighted by atomic mass is 9.86. The normalized spacial score (nSPS) is 17.5. The highest BCUT2D eigenvalue weighted by Crippen LogP contribution is 2.40. The van der Waals surface area contributed by atoms with Crippen molar-refractivity contribution in [2.75, 3.05) is 23.9 Å². The van der Waals surface area contributed by atoms with Gasteiger partial charge in [-0.2, -0.15) is 11.8 Å². The molecular weight excluding hydrogens is 422 g/mol. The van der Waals surface area contributed by atoms with Crippen molar-refractivity contribution >= 4 is 46.0 Å². The molecule has 30 heavy (non-hydrogen) atoms. The van der Waals surface area contributed by atoms with Crippen LogP contribution < -0.4 is 5.32 Å². The number of hydrogen-bond acceptors (Lipinski definition) is 7. The first kappa shape index (κ1) is 20.9. The summed E-state index contributed by atoms with van der Waals surface area (Å²) in [5.74, 6) is 1.11. The fraction of sp³-hybridized carbons (Fsp3) is 0.429. The van der Waals surface area contributed by atoms with Gasteiger partial charge < -0.3 is 15.0 Å². The quantitative estimate of drug-likeness (QED) is 0.709. The van der Waals surface area contributed by atoms with Gasteiger partial charge in [0.25, 0.3) is 5.91 Å². The number of thiazole rings is 1. The Bertz CT molecular complexity index is 998. The topological polar surface area (TPSA) is 88.6 Å². The lowest BCUT2D eigenvalue weighted by Crippen LogP contribution is -2.53. The van der Waals surface area contributed by atoms with Gasteiger partial charge >= 0.3 is 5.97 Å². The number of fused-ring (bicyclic) bond motifs is 1. The van der Waals surface area contributed by atoms with Crippen molar-refractivity contribution < 1.29 is 19.1 Å². The van der Waals surface area contributed by atoms with Crippen molar-refractivity contribution in [1.29, 1.82) is 0 Å². The molecule has 2 amide bonds. The number of nitrogens with zero attached hydrogens (tertiary/aromatic N) is 2. The van der Waals surface area contributed by atoms with Crippen LogP contribution in [0.4, 0.5) is 5.13 Å². The molecule has 4 rings (SSSR count). The second-order valence-electron chi connectivity index (χ2n) is 7.53. The molecule has 1 saturated heterocycles. The van der Waals surface area contributed by atoms with Gasteiger partial charge in [-0.1, -0.05) is 18.2 Å². The van der Waals surface area contributed by atoms with Crippen molar-refractivity contribution in [3.63, 3.8) is 0 Å². The van der Waals surface area contributed by atoms with E-state index in [0.717, 1.165) is 35.5 Å². The third kappa shape index (κ3) is 3.83. The number of aromatic nitrogens is 1. The van der Waals surface area contributed by atoms with E-state index < -0.39 is 11.5 Å². The van der Waals surface area contributed by atoms with Crippen LogP contribution in [0.2, 0.25) is 0 Å². The van der Waals surface area contributed by atoms with Crippen LogP contribution >= 0.6 is 23.1 Å². The molecule has 1 N–H and O–H groups in total. The van der Waals surface area contributed by atoms with E-state index in [4.69, 9.17) is 4.74 Å². The predicted octanol–water partition coefficient (Wildman–Crippen LogP) is 3.49.